The second-order valence-corrected chi connectivity index (χ2v) is 5.95. The molecule has 1 atom stereocenters. The van der Waals surface area contributed by atoms with Crippen LogP contribution in [-0.2, 0) is 6.54 Å². The fourth-order valence-electron chi connectivity index (χ4n) is 2.12. The van der Waals surface area contributed by atoms with E-state index in [1.807, 2.05) is 6.20 Å². The number of H-pyrrole nitrogens is 1. The molecule has 0 radical (unpaired) electrons. The summed E-state index contributed by atoms with van der Waals surface area (Å²) in [6, 6.07) is -0.0638. The first-order chi connectivity index (χ1) is 11.3. The molecule has 8 nitrogen and oxygen atoms in total. The van der Waals surface area contributed by atoms with Crippen LogP contribution in [0.25, 0.3) is 11.0 Å². The van der Waals surface area contributed by atoms with E-state index < -0.39 is 0 Å². The van der Waals surface area contributed by atoms with Gasteiger partial charge in [-0.15, -0.1) is 11.8 Å². The van der Waals surface area contributed by atoms with E-state index in [9.17, 15) is 5.11 Å². The van der Waals surface area contributed by atoms with E-state index >= 15 is 0 Å². The Hall–Kier alpha value is -2.23. The van der Waals surface area contributed by atoms with Crippen molar-refractivity contribution in [3.8, 4) is 0 Å². The van der Waals surface area contributed by atoms with Gasteiger partial charge in [0.2, 0.25) is 0 Å². The third kappa shape index (κ3) is 3.76. The standard InChI is InChI=1S/C14H17N7OS/c15-14-13-12(20-8-21-14)9(4-19-13)3-18-10(6-22)7-23-11-5-16-1-2-17-11/h1-2,4-5,8,10,18-19,22H,3,6-7H2,(H2,15,20,21)/t10-/m1/s1. The van der Waals surface area contributed by atoms with Crippen LogP contribution in [0.5, 0.6) is 0 Å². The van der Waals surface area contributed by atoms with E-state index in [0.717, 1.165) is 21.6 Å². The maximum absolute atomic E-state index is 9.52. The van der Waals surface area contributed by atoms with Crippen LogP contribution < -0.4 is 11.1 Å². The molecule has 0 fully saturated rings. The van der Waals surface area contributed by atoms with Gasteiger partial charge in [0.1, 0.15) is 16.9 Å². The van der Waals surface area contributed by atoms with Gasteiger partial charge in [0.25, 0.3) is 0 Å². The van der Waals surface area contributed by atoms with E-state index in [2.05, 4.69) is 30.2 Å². The van der Waals surface area contributed by atoms with Gasteiger partial charge >= 0.3 is 0 Å². The number of aliphatic hydroxyl groups excluding tert-OH is 1. The van der Waals surface area contributed by atoms with Gasteiger partial charge in [0.15, 0.2) is 5.82 Å². The van der Waals surface area contributed by atoms with Gasteiger partial charge in [-0.25, -0.2) is 15.0 Å². The third-order valence-electron chi connectivity index (χ3n) is 3.34. The zero-order valence-corrected chi connectivity index (χ0v) is 13.1. The van der Waals surface area contributed by atoms with Gasteiger partial charge < -0.3 is 21.1 Å². The van der Waals surface area contributed by atoms with Crippen molar-refractivity contribution in [2.45, 2.75) is 17.6 Å². The fourth-order valence-corrected chi connectivity index (χ4v) is 2.99. The molecule has 0 aromatic carbocycles. The summed E-state index contributed by atoms with van der Waals surface area (Å²) in [6.07, 6.45) is 8.30. The molecule has 0 saturated carbocycles. The predicted molar refractivity (Wildman–Crippen MR) is 88.8 cm³/mol. The van der Waals surface area contributed by atoms with Crippen LogP contribution in [0.3, 0.4) is 0 Å². The van der Waals surface area contributed by atoms with Gasteiger partial charge in [-0.05, 0) is 0 Å². The van der Waals surface area contributed by atoms with Crippen molar-refractivity contribution in [3.63, 3.8) is 0 Å². The van der Waals surface area contributed by atoms with Gasteiger partial charge in [-0.1, -0.05) is 0 Å². The second-order valence-electron chi connectivity index (χ2n) is 4.91. The number of hydrogen-bond donors (Lipinski definition) is 4. The molecule has 0 amide bonds. The second kappa shape index (κ2) is 7.36. The van der Waals surface area contributed by atoms with Crippen molar-refractivity contribution in [2.24, 2.45) is 0 Å². The summed E-state index contributed by atoms with van der Waals surface area (Å²) in [5.41, 5.74) is 8.32. The number of rotatable bonds is 7. The number of nitrogens with zero attached hydrogens (tertiary/aromatic N) is 4. The Kier molecular flexibility index (Phi) is 5.01. The highest BCUT2D eigenvalue weighted by molar-refractivity contribution is 7.99. The summed E-state index contributed by atoms with van der Waals surface area (Å²) in [5.74, 6) is 1.12. The first kappa shape index (κ1) is 15.7. The summed E-state index contributed by atoms with van der Waals surface area (Å²) in [4.78, 5) is 19.5. The highest BCUT2D eigenvalue weighted by Crippen LogP contribution is 2.19. The van der Waals surface area contributed by atoms with Gasteiger partial charge in [-0.2, -0.15) is 0 Å². The van der Waals surface area contributed by atoms with Crippen LogP contribution in [0.2, 0.25) is 0 Å². The number of nitrogens with one attached hydrogen (secondary N) is 2. The number of nitrogens with two attached hydrogens (primary N) is 1. The van der Waals surface area contributed by atoms with Crippen molar-refractivity contribution in [1.82, 2.24) is 30.2 Å². The molecule has 120 valence electrons. The molecule has 0 aliphatic rings. The Morgan fingerprint density at radius 3 is 3.00 bits per heavy atom. The third-order valence-corrected chi connectivity index (χ3v) is 4.42. The first-order valence-electron chi connectivity index (χ1n) is 7.07. The molecule has 0 unspecified atom stereocenters. The molecule has 23 heavy (non-hydrogen) atoms. The van der Waals surface area contributed by atoms with Gasteiger partial charge in [-0.3, -0.25) is 4.98 Å². The van der Waals surface area contributed by atoms with E-state index in [1.165, 1.54) is 6.33 Å². The van der Waals surface area contributed by atoms with Crippen molar-refractivity contribution in [2.75, 3.05) is 18.1 Å². The Morgan fingerprint density at radius 1 is 1.30 bits per heavy atom. The van der Waals surface area contributed by atoms with Crippen LogP contribution in [0.1, 0.15) is 5.56 Å². The van der Waals surface area contributed by atoms with E-state index in [-0.39, 0.29) is 12.6 Å². The summed E-state index contributed by atoms with van der Waals surface area (Å²) in [5, 5.41) is 13.7. The molecule has 9 heteroatoms. The highest BCUT2D eigenvalue weighted by atomic mass is 32.2. The minimum atomic E-state index is -0.0638. The molecule has 3 heterocycles. The SMILES string of the molecule is Nc1ncnc2c(CN[C@H](CO)CSc3cnccn3)c[nH]c12. The Morgan fingerprint density at radius 2 is 2.22 bits per heavy atom. The largest absolute Gasteiger partial charge is 0.395 e. The number of nitrogen functional groups attached to an aromatic ring is 1. The quantitative estimate of drug-likeness (QED) is 0.463. The zero-order valence-electron chi connectivity index (χ0n) is 12.3. The van der Waals surface area contributed by atoms with Crippen molar-refractivity contribution < 1.29 is 5.11 Å². The van der Waals surface area contributed by atoms with Crippen molar-refractivity contribution >= 4 is 28.6 Å². The number of fused-ring (bicyclic) bond motifs is 1. The molecule has 3 aromatic rings. The topological polar surface area (TPSA) is 126 Å². The Labute approximate surface area is 137 Å². The number of anilines is 1. The van der Waals surface area contributed by atoms with Crippen LogP contribution in [0, 0.1) is 0 Å². The van der Waals surface area contributed by atoms with Crippen molar-refractivity contribution in [1.29, 1.82) is 0 Å². The summed E-state index contributed by atoms with van der Waals surface area (Å²) < 4.78 is 0. The minimum Gasteiger partial charge on any atom is -0.395 e. The normalized spacial score (nSPS) is 12.6. The first-order valence-corrected chi connectivity index (χ1v) is 8.06. The van der Waals surface area contributed by atoms with E-state index in [4.69, 9.17) is 5.73 Å². The van der Waals surface area contributed by atoms with Crippen LogP contribution in [-0.4, -0.2) is 48.4 Å². The minimum absolute atomic E-state index is 0.0345. The average Bonchev–Trinajstić information content (AvgIpc) is 3.01. The molecule has 3 aromatic heterocycles. The molecule has 0 bridgehead atoms. The summed E-state index contributed by atoms with van der Waals surface area (Å²) >= 11 is 1.55. The van der Waals surface area contributed by atoms with Crippen LogP contribution in [0.15, 0.2) is 36.1 Å². The molecule has 0 saturated heterocycles. The zero-order chi connectivity index (χ0) is 16.1. The van der Waals surface area contributed by atoms with Gasteiger partial charge in [0.05, 0.1) is 18.3 Å². The lowest BCUT2D eigenvalue weighted by Crippen LogP contribution is -2.34. The molecular weight excluding hydrogens is 314 g/mol. The molecule has 0 spiro atoms. The van der Waals surface area contributed by atoms with Crippen LogP contribution in [0.4, 0.5) is 5.82 Å². The summed E-state index contributed by atoms with van der Waals surface area (Å²) in [7, 11) is 0. The Bertz CT molecular complexity index is 764. The monoisotopic (exact) mass is 331 g/mol. The summed E-state index contributed by atoms with van der Waals surface area (Å²) in [6.45, 7) is 0.607. The van der Waals surface area contributed by atoms with E-state index in [0.29, 0.717) is 18.1 Å². The Balaban J connectivity index is 1.60. The molecular formula is C14H17N7OS. The van der Waals surface area contributed by atoms with E-state index in [1.54, 1.807) is 30.4 Å². The lowest BCUT2D eigenvalue weighted by molar-refractivity contribution is 0.253. The highest BCUT2D eigenvalue weighted by Gasteiger charge is 2.12. The number of aliphatic hydroxyl groups is 1. The smallest absolute Gasteiger partial charge is 0.151 e. The number of hydrogen-bond acceptors (Lipinski definition) is 8. The maximum atomic E-state index is 9.52. The molecule has 3 rings (SSSR count). The average molecular weight is 331 g/mol. The fraction of sp³-hybridized carbons (Fsp3) is 0.286. The maximum Gasteiger partial charge on any atom is 0.151 e. The lowest BCUT2D eigenvalue weighted by atomic mass is 10.2. The lowest BCUT2D eigenvalue weighted by Gasteiger charge is -2.15. The van der Waals surface area contributed by atoms with Gasteiger partial charge in [0, 0.05) is 42.5 Å². The molecule has 5 N–H and O–H groups in total. The van der Waals surface area contributed by atoms with Crippen molar-refractivity contribution in [3.05, 3.63) is 36.7 Å². The predicted octanol–water partition coefficient (Wildman–Crippen LogP) is 0.573. The number of aromatic nitrogens is 5. The number of thioether (sulfide) groups is 1. The van der Waals surface area contributed by atoms with Crippen LogP contribution >= 0.6 is 11.8 Å². The number of aromatic amines is 1. The molecule has 0 aliphatic heterocycles. The molecule has 0 aliphatic carbocycles.